The van der Waals surface area contributed by atoms with E-state index in [1.165, 1.54) is 32.4 Å². The van der Waals surface area contributed by atoms with Gasteiger partial charge >= 0.3 is 0 Å². The van der Waals surface area contributed by atoms with Crippen molar-refractivity contribution in [3.05, 3.63) is 0 Å². The third kappa shape index (κ3) is 3.41. The van der Waals surface area contributed by atoms with Gasteiger partial charge in [-0.1, -0.05) is 0 Å². The number of hydrogen-bond acceptors (Lipinski definition) is 4. The number of rotatable bonds is 5. The lowest BCUT2D eigenvalue weighted by atomic mass is 10.0. The van der Waals surface area contributed by atoms with Gasteiger partial charge in [0.1, 0.15) is 0 Å². The third-order valence-corrected chi connectivity index (χ3v) is 4.24. The van der Waals surface area contributed by atoms with Crippen molar-refractivity contribution >= 4 is 0 Å². The highest BCUT2D eigenvalue weighted by Gasteiger charge is 2.30. The van der Waals surface area contributed by atoms with E-state index in [4.69, 9.17) is 10.5 Å². The Bertz CT molecular complexity index is 231. The second-order valence-electron chi connectivity index (χ2n) is 5.71. The molecule has 100 valence electrons. The topological polar surface area (TPSA) is 41.7 Å². The van der Waals surface area contributed by atoms with E-state index in [9.17, 15) is 0 Å². The fourth-order valence-electron chi connectivity index (χ4n) is 3.24. The molecule has 0 aromatic carbocycles. The minimum atomic E-state index is 0.365. The van der Waals surface area contributed by atoms with E-state index in [-0.39, 0.29) is 0 Å². The summed E-state index contributed by atoms with van der Waals surface area (Å²) in [7, 11) is 4.41. The molecule has 2 N–H and O–H groups in total. The van der Waals surface area contributed by atoms with Crippen molar-refractivity contribution in [3.63, 3.8) is 0 Å². The van der Waals surface area contributed by atoms with Gasteiger partial charge in [0.25, 0.3) is 0 Å². The summed E-state index contributed by atoms with van der Waals surface area (Å²) in [6, 6.07) is 0.406. The number of hydrogen-bond donors (Lipinski definition) is 1. The Morgan fingerprint density at radius 1 is 1.47 bits per heavy atom. The lowest BCUT2D eigenvalue weighted by Gasteiger charge is -2.32. The molecule has 0 aromatic rings. The van der Waals surface area contributed by atoms with Gasteiger partial charge in [-0.05, 0) is 45.8 Å². The molecule has 17 heavy (non-hydrogen) atoms. The molecule has 3 unspecified atom stereocenters. The molecule has 3 atom stereocenters. The normalized spacial score (nSPS) is 32.5. The monoisotopic (exact) mass is 241 g/mol. The molecule has 4 nitrogen and oxygen atoms in total. The quantitative estimate of drug-likeness (QED) is 0.755. The van der Waals surface area contributed by atoms with Gasteiger partial charge in [0, 0.05) is 32.3 Å². The Labute approximate surface area is 105 Å². The molecule has 2 fully saturated rings. The molecular weight excluding hydrogens is 214 g/mol. The molecule has 4 heteroatoms. The zero-order valence-corrected chi connectivity index (χ0v) is 11.3. The zero-order chi connectivity index (χ0) is 12.3. The molecule has 0 amide bonds. The SMILES string of the molecule is CN1CCC(CN(C)C(CN)C2CCCO2)C1. The average Bonchev–Trinajstić information content (AvgIpc) is 2.92. The smallest absolute Gasteiger partial charge is 0.0743 e. The maximum atomic E-state index is 5.92. The Balaban J connectivity index is 1.81. The first kappa shape index (κ1) is 13.3. The molecule has 0 aliphatic carbocycles. The van der Waals surface area contributed by atoms with E-state index in [2.05, 4.69) is 23.9 Å². The van der Waals surface area contributed by atoms with Crippen molar-refractivity contribution in [2.75, 3.05) is 46.9 Å². The van der Waals surface area contributed by atoms with Crippen molar-refractivity contribution < 1.29 is 4.74 Å². The van der Waals surface area contributed by atoms with Crippen LogP contribution in [0.15, 0.2) is 0 Å². The summed E-state index contributed by atoms with van der Waals surface area (Å²) in [4.78, 5) is 4.85. The second-order valence-corrected chi connectivity index (χ2v) is 5.71. The Morgan fingerprint density at radius 2 is 2.29 bits per heavy atom. The van der Waals surface area contributed by atoms with Gasteiger partial charge in [0.15, 0.2) is 0 Å². The Morgan fingerprint density at radius 3 is 2.82 bits per heavy atom. The Hall–Kier alpha value is -0.160. The average molecular weight is 241 g/mol. The van der Waals surface area contributed by atoms with Gasteiger partial charge in [0.2, 0.25) is 0 Å². The summed E-state index contributed by atoms with van der Waals surface area (Å²) < 4.78 is 5.78. The van der Waals surface area contributed by atoms with Crippen LogP contribution >= 0.6 is 0 Å². The van der Waals surface area contributed by atoms with Gasteiger partial charge in [-0.25, -0.2) is 0 Å². The molecule has 0 bridgehead atoms. The van der Waals surface area contributed by atoms with Crippen LogP contribution in [0.1, 0.15) is 19.3 Å². The van der Waals surface area contributed by atoms with E-state index >= 15 is 0 Å². The number of nitrogens with two attached hydrogens (primary N) is 1. The van der Waals surface area contributed by atoms with Gasteiger partial charge < -0.3 is 15.4 Å². The van der Waals surface area contributed by atoms with Crippen LogP contribution in [0.5, 0.6) is 0 Å². The highest BCUT2D eigenvalue weighted by Crippen LogP contribution is 2.21. The minimum Gasteiger partial charge on any atom is -0.377 e. The molecule has 2 rings (SSSR count). The zero-order valence-electron chi connectivity index (χ0n) is 11.3. The summed E-state index contributed by atoms with van der Waals surface area (Å²) >= 11 is 0. The number of nitrogens with zero attached hydrogens (tertiary/aromatic N) is 2. The summed E-state index contributed by atoms with van der Waals surface area (Å²) in [5, 5.41) is 0. The van der Waals surface area contributed by atoms with Crippen molar-refractivity contribution in [1.82, 2.24) is 9.80 Å². The lowest BCUT2D eigenvalue weighted by Crippen LogP contribution is -2.48. The summed E-state index contributed by atoms with van der Waals surface area (Å²) in [6.07, 6.45) is 4.06. The van der Waals surface area contributed by atoms with Gasteiger partial charge in [-0.15, -0.1) is 0 Å². The van der Waals surface area contributed by atoms with E-state index in [0.717, 1.165) is 19.1 Å². The lowest BCUT2D eigenvalue weighted by molar-refractivity contribution is 0.0325. The largest absolute Gasteiger partial charge is 0.377 e. The van der Waals surface area contributed by atoms with Crippen LogP contribution in [0.4, 0.5) is 0 Å². The highest BCUT2D eigenvalue weighted by molar-refractivity contribution is 4.85. The molecule has 0 saturated carbocycles. The van der Waals surface area contributed by atoms with Crippen LogP contribution in [0.25, 0.3) is 0 Å². The number of likely N-dealkylation sites (tertiary alicyclic amines) is 1. The van der Waals surface area contributed by atoms with Crippen molar-refractivity contribution in [2.45, 2.75) is 31.4 Å². The van der Waals surface area contributed by atoms with Crippen LogP contribution in [-0.4, -0.2) is 68.8 Å². The van der Waals surface area contributed by atoms with Gasteiger partial charge in [0.05, 0.1) is 6.10 Å². The highest BCUT2D eigenvalue weighted by atomic mass is 16.5. The predicted octanol–water partition coefficient (Wildman–Crippen LogP) is 0.376. The molecule has 0 spiro atoms. The fraction of sp³-hybridized carbons (Fsp3) is 1.00. The Kier molecular flexibility index (Phi) is 4.79. The molecule has 2 heterocycles. The first-order valence-electron chi connectivity index (χ1n) is 6.91. The van der Waals surface area contributed by atoms with Crippen LogP contribution < -0.4 is 5.73 Å². The molecular formula is C13H27N3O. The summed E-state index contributed by atoms with van der Waals surface area (Å²) in [6.45, 7) is 5.26. The maximum absolute atomic E-state index is 5.92. The van der Waals surface area contributed by atoms with Crippen molar-refractivity contribution in [3.8, 4) is 0 Å². The first-order chi connectivity index (χ1) is 8.20. The van der Waals surface area contributed by atoms with Crippen LogP contribution in [0.2, 0.25) is 0 Å². The summed E-state index contributed by atoms with van der Waals surface area (Å²) in [5.74, 6) is 0.806. The molecule has 0 radical (unpaired) electrons. The van der Waals surface area contributed by atoms with E-state index < -0.39 is 0 Å². The van der Waals surface area contributed by atoms with Crippen molar-refractivity contribution in [1.29, 1.82) is 0 Å². The van der Waals surface area contributed by atoms with E-state index in [1.807, 2.05) is 0 Å². The minimum absolute atomic E-state index is 0.365. The molecule has 2 aliphatic heterocycles. The third-order valence-electron chi connectivity index (χ3n) is 4.24. The van der Waals surface area contributed by atoms with Crippen molar-refractivity contribution in [2.24, 2.45) is 11.7 Å². The molecule has 2 saturated heterocycles. The van der Waals surface area contributed by atoms with Crippen LogP contribution in [0, 0.1) is 5.92 Å². The number of likely N-dealkylation sites (N-methyl/N-ethyl adjacent to an activating group) is 1. The van der Waals surface area contributed by atoms with Gasteiger partial charge in [-0.3, -0.25) is 4.90 Å². The van der Waals surface area contributed by atoms with Crippen LogP contribution in [-0.2, 0) is 4.74 Å². The number of ether oxygens (including phenoxy) is 1. The fourth-order valence-corrected chi connectivity index (χ4v) is 3.24. The van der Waals surface area contributed by atoms with Gasteiger partial charge in [-0.2, -0.15) is 0 Å². The molecule has 0 aromatic heterocycles. The van der Waals surface area contributed by atoms with Crippen LogP contribution in [0.3, 0.4) is 0 Å². The maximum Gasteiger partial charge on any atom is 0.0743 e. The van der Waals surface area contributed by atoms with E-state index in [1.54, 1.807) is 0 Å². The predicted molar refractivity (Wildman–Crippen MR) is 70.1 cm³/mol. The van der Waals surface area contributed by atoms with E-state index in [0.29, 0.717) is 18.7 Å². The standard InChI is InChI=1S/C13H27N3O/c1-15-6-5-11(9-15)10-16(2)12(8-14)13-4-3-7-17-13/h11-13H,3-10,14H2,1-2H3. The first-order valence-corrected chi connectivity index (χ1v) is 6.91. The second kappa shape index (κ2) is 6.14. The molecule has 2 aliphatic rings. The summed E-state index contributed by atoms with van der Waals surface area (Å²) in [5.41, 5.74) is 5.92.